The van der Waals surface area contributed by atoms with Crippen LogP contribution in [0.25, 0.3) is 10.6 Å². The van der Waals surface area contributed by atoms with Crippen LogP contribution in [-0.2, 0) is 6.42 Å². The number of hydrogen-bond donors (Lipinski definition) is 0. The highest BCUT2D eigenvalue weighted by molar-refractivity contribution is 7.15. The smallest absolute Gasteiger partial charge is 0.123 e. The highest BCUT2D eigenvalue weighted by Gasteiger charge is 2.04. The summed E-state index contributed by atoms with van der Waals surface area (Å²) in [6.45, 7) is 5.01. The quantitative estimate of drug-likeness (QED) is 0.601. The topological polar surface area (TPSA) is 22.1 Å². The van der Waals surface area contributed by atoms with Crippen molar-refractivity contribution in [3.8, 4) is 16.3 Å². The van der Waals surface area contributed by atoms with E-state index in [1.54, 1.807) is 11.3 Å². The third-order valence-corrected chi connectivity index (χ3v) is 4.23. The minimum absolute atomic E-state index is 0.636. The molecule has 0 saturated carbocycles. The first-order valence-electron chi connectivity index (χ1n) is 7.66. The molecule has 2 rings (SSSR count). The van der Waals surface area contributed by atoms with E-state index in [1.165, 1.54) is 17.7 Å². The third kappa shape index (κ3) is 5.01. The summed E-state index contributed by atoms with van der Waals surface area (Å²) in [4.78, 5) is 5.85. The van der Waals surface area contributed by atoms with Gasteiger partial charge in [-0.3, -0.25) is 0 Å². The predicted molar refractivity (Wildman–Crippen MR) is 91.1 cm³/mol. The van der Waals surface area contributed by atoms with Gasteiger partial charge in [-0.1, -0.05) is 38.8 Å². The molecule has 0 saturated heterocycles. The lowest BCUT2D eigenvalue weighted by atomic mass is 10.2. The van der Waals surface area contributed by atoms with Gasteiger partial charge in [-0.25, -0.2) is 4.98 Å². The van der Waals surface area contributed by atoms with Crippen LogP contribution in [0, 0.1) is 0 Å². The summed E-state index contributed by atoms with van der Waals surface area (Å²) in [7, 11) is 0. The first-order valence-corrected chi connectivity index (χ1v) is 8.48. The van der Waals surface area contributed by atoms with Crippen LogP contribution in [-0.4, -0.2) is 11.6 Å². The van der Waals surface area contributed by atoms with E-state index in [9.17, 15) is 0 Å². The Labute approximate surface area is 131 Å². The highest BCUT2D eigenvalue weighted by Crippen LogP contribution is 2.27. The van der Waals surface area contributed by atoms with Gasteiger partial charge in [0.2, 0.25) is 0 Å². The van der Waals surface area contributed by atoms with Crippen LogP contribution in [0.4, 0.5) is 0 Å². The molecule has 112 valence electrons. The van der Waals surface area contributed by atoms with Crippen LogP contribution >= 0.6 is 11.3 Å². The summed E-state index contributed by atoms with van der Waals surface area (Å²) in [6.07, 6.45) is 10.8. The second kappa shape index (κ2) is 8.63. The van der Waals surface area contributed by atoms with Crippen LogP contribution in [0.1, 0.15) is 38.0 Å². The van der Waals surface area contributed by atoms with Gasteiger partial charge in [-0.15, -0.1) is 11.3 Å². The number of aryl methyl sites for hydroxylation is 1. The highest BCUT2D eigenvalue weighted by atomic mass is 32.1. The van der Waals surface area contributed by atoms with E-state index < -0.39 is 0 Å². The first kappa shape index (κ1) is 15.8. The Hall–Kier alpha value is -1.61. The fourth-order valence-corrected chi connectivity index (χ4v) is 3.01. The summed E-state index contributed by atoms with van der Waals surface area (Å²) < 4.78 is 5.68. The summed E-state index contributed by atoms with van der Waals surface area (Å²) in [6, 6.07) is 8.20. The lowest BCUT2D eigenvalue weighted by Crippen LogP contribution is -1.92. The van der Waals surface area contributed by atoms with Crippen molar-refractivity contribution < 1.29 is 4.74 Å². The molecule has 0 N–H and O–H groups in total. The van der Waals surface area contributed by atoms with E-state index in [1.807, 2.05) is 18.3 Å². The summed E-state index contributed by atoms with van der Waals surface area (Å²) in [5.74, 6) is 0.908. The lowest BCUT2D eigenvalue weighted by Gasteiger charge is -2.03. The van der Waals surface area contributed by atoms with E-state index in [0.29, 0.717) is 6.61 Å². The molecule has 0 amide bonds. The van der Waals surface area contributed by atoms with Crippen LogP contribution in [0.15, 0.2) is 42.6 Å². The Bertz CT molecular complexity index is 557. The van der Waals surface area contributed by atoms with Crippen molar-refractivity contribution >= 4 is 11.3 Å². The van der Waals surface area contributed by atoms with E-state index in [4.69, 9.17) is 4.74 Å². The van der Waals surface area contributed by atoms with Crippen LogP contribution in [0.2, 0.25) is 0 Å². The van der Waals surface area contributed by atoms with Gasteiger partial charge in [0.05, 0.1) is 0 Å². The van der Waals surface area contributed by atoms with E-state index in [2.05, 4.69) is 43.1 Å². The summed E-state index contributed by atoms with van der Waals surface area (Å²) in [5, 5.41) is 1.09. The molecule has 0 fully saturated rings. The number of rotatable bonds is 8. The maximum atomic E-state index is 5.68. The van der Waals surface area contributed by atoms with Gasteiger partial charge >= 0.3 is 0 Å². The minimum Gasteiger partial charge on any atom is -0.490 e. The zero-order chi connectivity index (χ0) is 14.9. The zero-order valence-electron chi connectivity index (χ0n) is 12.8. The second-order valence-corrected chi connectivity index (χ2v) is 6.09. The Balaban J connectivity index is 1.91. The van der Waals surface area contributed by atoms with E-state index in [0.717, 1.165) is 29.2 Å². The van der Waals surface area contributed by atoms with Gasteiger partial charge in [-0.05, 0) is 37.1 Å². The van der Waals surface area contributed by atoms with Crippen molar-refractivity contribution in [3.63, 3.8) is 0 Å². The zero-order valence-corrected chi connectivity index (χ0v) is 13.7. The number of benzene rings is 1. The molecule has 0 spiro atoms. The Kier molecular flexibility index (Phi) is 6.48. The molecule has 3 heteroatoms. The molecular formula is C18H23NOS. The van der Waals surface area contributed by atoms with Gasteiger partial charge in [0.25, 0.3) is 0 Å². The number of allylic oxidation sites excluding steroid dienone is 1. The maximum absolute atomic E-state index is 5.68. The third-order valence-electron chi connectivity index (χ3n) is 3.12. The average molecular weight is 301 g/mol. The molecule has 21 heavy (non-hydrogen) atoms. The van der Waals surface area contributed by atoms with Gasteiger partial charge in [-0.2, -0.15) is 0 Å². The molecule has 0 unspecified atom stereocenters. The molecule has 0 aliphatic heterocycles. The molecule has 2 aromatic rings. The van der Waals surface area contributed by atoms with Crippen molar-refractivity contribution in [1.82, 2.24) is 4.98 Å². The molecule has 0 aliphatic carbocycles. The van der Waals surface area contributed by atoms with Gasteiger partial charge in [0.1, 0.15) is 17.4 Å². The molecule has 0 radical (unpaired) electrons. The predicted octanol–water partition coefficient (Wildman–Crippen LogP) is 5.50. The average Bonchev–Trinajstić information content (AvgIpc) is 2.97. The van der Waals surface area contributed by atoms with Crippen LogP contribution < -0.4 is 4.74 Å². The SMILES string of the molecule is CCCC=CCOc1ccc(-c2ncc(CCC)s2)cc1. The lowest BCUT2D eigenvalue weighted by molar-refractivity contribution is 0.362. The molecule has 0 atom stereocenters. The Morgan fingerprint density at radius 2 is 1.90 bits per heavy atom. The molecule has 0 bridgehead atoms. The molecule has 1 aromatic heterocycles. The molecule has 1 aromatic carbocycles. The summed E-state index contributed by atoms with van der Waals surface area (Å²) >= 11 is 1.78. The molecular weight excluding hydrogens is 278 g/mol. The fourth-order valence-electron chi connectivity index (χ4n) is 1.99. The number of ether oxygens (including phenoxy) is 1. The normalized spacial score (nSPS) is 11.1. The number of nitrogens with zero attached hydrogens (tertiary/aromatic N) is 1. The van der Waals surface area contributed by atoms with Crippen molar-refractivity contribution in [2.24, 2.45) is 0 Å². The van der Waals surface area contributed by atoms with E-state index >= 15 is 0 Å². The number of hydrogen-bond acceptors (Lipinski definition) is 3. The largest absolute Gasteiger partial charge is 0.490 e. The maximum Gasteiger partial charge on any atom is 0.123 e. The number of aromatic nitrogens is 1. The minimum atomic E-state index is 0.636. The van der Waals surface area contributed by atoms with Crippen LogP contribution in [0.3, 0.4) is 0 Å². The van der Waals surface area contributed by atoms with Crippen molar-refractivity contribution in [1.29, 1.82) is 0 Å². The molecule has 0 aliphatic rings. The van der Waals surface area contributed by atoms with E-state index in [-0.39, 0.29) is 0 Å². The summed E-state index contributed by atoms with van der Waals surface area (Å²) in [5.41, 5.74) is 1.16. The standard InChI is InChI=1S/C18H23NOS/c1-3-5-6-7-13-20-16-11-9-15(10-12-16)18-19-14-17(21-18)8-4-2/h6-7,9-12,14H,3-5,8,13H2,1-2H3. The first-order chi connectivity index (χ1) is 10.3. The fraction of sp³-hybridized carbons (Fsp3) is 0.389. The van der Waals surface area contributed by atoms with Crippen LogP contribution in [0.5, 0.6) is 5.75 Å². The van der Waals surface area contributed by atoms with Gasteiger partial charge in [0, 0.05) is 16.6 Å². The van der Waals surface area contributed by atoms with Gasteiger partial charge < -0.3 is 4.74 Å². The Morgan fingerprint density at radius 1 is 1.10 bits per heavy atom. The monoisotopic (exact) mass is 301 g/mol. The molecule has 1 heterocycles. The van der Waals surface area contributed by atoms with Crippen molar-refractivity contribution in [3.05, 3.63) is 47.5 Å². The molecule has 2 nitrogen and oxygen atoms in total. The van der Waals surface area contributed by atoms with Crippen molar-refractivity contribution in [2.75, 3.05) is 6.61 Å². The Morgan fingerprint density at radius 3 is 2.62 bits per heavy atom. The van der Waals surface area contributed by atoms with Crippen molar-refractivity contribution in [2.45, 2.75) is 39.5 Å². The number of unbranched alkanes of at least 4 members (excludes halogenated alkanes) is 1. The van der Waals surface area contributed by atoms with Gasteiger partial charge in [0.15, 0.2) is 0 Å². The second-order valence-electron chi connectivity index (χ2n) is 4.98. The number of thiazole rings is 1.